The van der Waals surface area contributed by atoms with Crippen molar-refractivity contribution in [1.82, 2.24) is 24.9 Å². The van der Waals surface area contributed by atoms with Crippen molar-refractivity contribution in [2.24, 2.45) is 0 Å². The molecular formula is C49H29N5OS. The van der Waals surface area contributed by atoms with Crippen LogP contribution in [0.15, 0.2) is 180 Å². The molecule has 0 saturated heterocycles. The van der Waals surface area contributed by atoms with Gasteiger partial charge in [0.15, 0.2) is 23.3 Å². The third kappa shape index (κ3) is 5.61. The summed E-state index contributed by atoms with van der Waals surface area (Å²) in [7, 11) is 0. The maximum absolute atomic E-state index is 6.49. The van der Waals surface area contributed by atoms with E-state index in [1.54, 1.807) is 11.3 Å². The fourth-order valence-electron chi connectivity index (χ4n) is 7.36. The van der Waals surface area contributed by atoms with Crippen molar-refractivity contribution in [3.05, 3.63) is 176 Å². The summed E-state index contributed by atoms with van der Waals surface area (Å²) in [5, 5.41) is 3.10. The zero-order chi connectivity index (χ0) is 37.0. The molecule has 4 heterocycles. The van der Waals surface area contributed by atoms with E-state index in [2.05, 4.69) is 115 Å². The van der Waals surface area contributed by atoms with Gasteiger partial charge in [-0.1, -0.05) is 140 Å². The van der Waals surface area contributed by atoms with Gasteiger partial charge in [0.05, 0.1) is 15.9 Å². The molecule has 0 saturated carbocycles. The molecule has 0 atom stereocenters. The minimum atomic E-state index is 0.590. The molecule has 0 aliphatic rings. The summed E-state index contributed by atoms with van der Waals surface area (Å²) in [4.78, 5) is 25.3. The third-order valence-corrected chi connectivity index (χ3v) is 11.3. The van der Waals surface area contributed by atoms with E-state index in [1.807, 2.05) is 60.7 Å². The standard InChI is InChI=1S/C49H29N5OS/c1-4-12-30(13-5-1)31-20-22-34(23-21-31)47-52-46(33-16-8-3-9-17-33)53-49(54-47)35-25-27-40-39(28-35)37-26-24-36(29-41(37)55-40)48-50-43(32-14-6-2-7-15-32)45-44(51-48)38-18-10-11-19-42(38)56-45/h1-29H. The van der Waals surface area contributed by atoms with Crippen LogP contribution in [-0.4, -0.2) is 24.9 Å². The fraction of sp³-hybridized carbons (Fsp3) is 0. The molecule has 6 nitrogen and oxygen atoms in total. The summed E-state index contributed by atoms with van der Waals surface area (Å²) in [6.07, 6.45) is 0. The van der Waals surface area contributed by atoms with E-state index < -0.39 is 0 Å². The highest BCUT2D eigenvalue weighted by Gasteiger charge is 2.19. The molecule has 11 rings (SSSR count). The molecule has 0 bridgehead atoms. The predicted molar refractivity (Wildman–Crippen MR) is 228 cm³/mol. The minimum absolute atomic E-state index is 0.590. The molecule has 11 aromatic rings. The van der Waals surface area contributed by atoms with Gasteiger partial charge in [-0.05, 0) is 47.5 Å². The van der Waals surface area contributed by atoms with Crippen LogP contribution >= 0.6 is 11.3 Å². The van der Waals surface area contributed by atoms with Crippen LogP contribution in [0.4, 0.5) is 0 Å². The molecule has 7 aromatic carbocycles. The van der Waals surface area contributed by atoms with Crippen LogP contribution in [0.25, 0.3) is 110 Å². The van der Waals surface area contributed by atoms with E-state index in [1.165, 1.54) is 4.70 Å². The van der Waals surface area contributed by atoms with Gasteiger partial charge in [0.2, 0.25) is 0 Å². The van der Waals surface area contributed by atoms with Crippen LogP contribution in [0.2, 0.25) is 0 Å². The SMILES string of the molecule is c1ccc(-c2ccc(-c3nc(-c4ccccc4)nc(-c4ccc5oc6cc(-c7nc(-c8ccccc8)c8sc9ccccc9c8n7)ccc6c5c4)n3)cc2)cc1. The van der Waals surface area contributed by atoms with Crippen molar-refractivity contribution < 1.29 is 4.42 Å². The second-order valence-electron chi connectivity index (χ2n) is 13.7. The highest BCUT2D eigenvalue weighted by Crippen LogP contribution is 2.40. The summed E-state index contributed by atoms with van der Waals surface area (Å²) in [5.41, 5.74) is 10.4. The van der Waals surface area contributed by atoms with Gasteiger partial charge in [-0.2, -0.15) is 0 Å². The largest absolute Gasteiger partial charge is 0.456 e. The van der Waals surface area contributed by atoms with Crippen molar-refractivity contribution in [2.75, 3.05) is 0 Å². The number of nitrogens with zero attached hydrogens (tertiary/aromatic N) is 5. The van der Waals surface area contributed by atoms with Crippen LogP contribution in [0, 0.1) is 0 Å². The summed E-state index contributed by atoms with van der Waals surface area (Å²) >= 11 is 1.73. The Morgan fingerprint density at radius 1 is 0.339 bits per heavy atom. The molecule has 262 valence electrons. The number of furan rings is 1. The minimum Gasteiger partial charge on any atom is -0.456 e. The molecule has 0 radical (unpaired) electrons. The molecule has 56 heavy (non-hydrogen) atoms. The molecule has 7 heteroatoms. The molecule has 0 N–H and O–H groups in total. The van der Waals surface area contributed by atoms with E-state index in [0.717, 1.165) is 82.2 Å². The lowest BCUT2D eigenvalue weighted by Gasteiger charge is -2.09. The quantitative estimate of drug-likeness (QED) is 0.169. The number of hydrogen-bond acceptors (Lipinski definition) is 7. The number of aromatic nitrogens is 5. The molecule has 0 unspecified atom stereocenters. The Kier molecular flexibility index (Phi) is 7.57. The van der Waals surface area contributed by atoms with Crippen LogP contribution in [0.5, 0.6) is 0 Å². The van der Waals surface area contributed by atoms with Crippen LogP contribution in [0.1, 0.15) is 0 Å². The van der Waals surface area contributed by atoms with Crippen LogP contribution in [-0.2, 0) is 0 Å². The van der Waals surface area contributed by atoms with E-state index in [0.29, 0.717) is 23.3 Å². The maximum Gasteiger partial charge on any atom is 0.164 e. The summed E-state index contributed by atoms with van der Waals surface area (Å²) < 4.78 is 8.76. The number of hydrogen-bond donors (Lipinski definition) is 0. The lowest BCUT2D eigenvalue weighted by atomic mass is 10.0. The van der Waals surface area contributed by atoms with E-state index in [4.69, 9.17) is 29.3 Å². The molecule has 0 amide bonds. The van der Waals surface area contributed by atoms with Crippen molar-refractivity contribution in [2.45, 2.75) is 0 Å². The maximum atomic E-state index is 6.49. The number of rotatable bonds is 6. The first-order valence-corrected chi connectivity index (χ1v) is 19.2. The molecule has 0 spiro atoms. The first-order valence-electron chi connectivity index (χ1n) is 18.4. The lowest BCUT2D eigenvalue weighted by Crippen LogP contribution is -2.00. The number of thiophene rings is 1. The van der Waals surface area contributed by atoms with Gasteiger partial charge >= 0.3 is 0 Å². The van der Waals surface area contributed by atoms with Crippen molar-refractivity contribution in [3.63, 3.8) is 0 Å². The van der Waals surface area contributed by atoms with Crippen LogP contribution < -0.4 is 0 Å². The first-order chi connectivity index (χ1) is 27.7. The fourth-order valence-corrected chi connectivity index (χ4v) is 8.51. The Labute approximate surface area is 325 Å². The highest BCUT2D eigenvalue weighted by atomic mass is 32.1. The van der Waals surface area contributed by atoms with E-state index in [9.17, 15) is 0 Å². The molecule has 0 aliphatic heterocycles. The zero-order valence-electron chi connectivity index (χ0n) is 29.8. The Balaban J connectivity index is 1.01. The molecule has 0 fully saturated rings. The molecular weight excluding hydrogens is 707 g/mol. The average Bonchev–Trinajstić information content (AvgIpc) is 3.84. The summed E-state index contributed by atoms with van der Waals surface area (Å²) in [5.74, 6) is 2.48. The summed E-state index contributed by atoms with van der Waals surface area (Å²) in [6, 6.07) is 59.9. The molecule has 4 aromatic heterocycles. The van der Waals surface area contributed by atoms with Gasteiger partial charge in [-0.15, -0.1) is 11.3 Å². The zero-order valence-corrected chi connectivity index (χ0v) is 30.6. The van der Waals surface area contributed by atoms with Crippen molar-refractivity contribution >= 4 is 53.6 Å². The van der Waals surface area contributed by atoms with Gasteiger partial charge in [0, 0.05) is 48.7 Å². The van der Waals surface area contributed by atoms with Gasteiger partial charge in [-0.3, -0.25) is 0 Å². The first kappa shape index (κ1) is 32.1. The Hall–Kier alpha value is -7.35. The Bertz CT molecular complexity index is 3230. The topological polar surface area (TPSA) is 77.6 Å². The second-order valence-corrected chi connectivity index (χ2v) is 14.7. The highest BCUT2D eigenvalue weighted by molar-refractivity contribution is 7.26. The second kappa shape index (κ2) is 13.2. The van der Waals surface area contributed by atoms with Crippen molar-refractivity contribution in [3.8, 4) is 67.9 Å². The monoisotopic (exact) mass is 735 g/mol. The summed E-state index contributed by atoms with van der Waals surface area (Å²) in [6.45, 7) is 0. The van der Waals surface area contributed by atoms with Crippen LogP contribution in [0.3, 0.4) is 0 Å². The predicted octanol–water partition coefficient (Wildman–Crippen LogP) is 12.9. The Morgan fingerprint density at radius 3 is 1.59 bits per heavy atom. The normalized spacial score (nSPS) is 11.6. The van der Waals surface area contributed by atoms with Gasteiger partial charge in [-0.25, -0.2) is 24.9 Å². The van der Waals surface area contributed by atoms with E-state index in [-0.39, 0.29) is 0 Å². The van der Waals surface area contributed by atoms with Crippen molar-refractivity contribution in [1.29, 1.82) is 0 Å². The Morgan fingerprint density at radius 2 is 0.857 bits per heavy atom. The van der Waals surface area contributed by atoms with Gasteiger partial charge in [0.25, 0.3) is 0 Å². The molecule has 0 aliphatic carbocycles. The smallest absolute Gasteiger partial charge is 0.164 e. The van der Waals surface area contributed by atoms with Gasteiger partial charge < -0.3 is 4.42 Å². The number of fused-ring (bicyclic) bond motifs is 6. The van der Waals surface area contributed by atoms with Gasteiger partial charge in [0.1, 0.15) is 11.2 Å². The third-order valence-electron chi connectivity index (χ3n) is 10.2. The van der Waals surface area contributed by atoms with E-state index >= 15 is 0 Å². The average molecular weight is 736 g/mol. The lowest BCUT2D eigenvalue weighted by molar-refractivity contribution is 0.669. The number of benzene rings is 7.